The number of aryl methyl sites for hydroxylation is 1. The molecule has 0 atom stereocenters. The fraction of sp³-hybridized carbons (Fsp3) is 0.619. The summed E-state index contributed by atoms with van der Waals surface area (Å²) < 4.78 is 13.4. The van der Waals surface area contributed by atoms with E-state index in [1.54, 1.807) is 19.1 Å². The van der Waals surface area contributed by atoms with Crippen LogP contribution in [-0.2, 0) is 9.59 Å². The van der Waals surface area contributed by atoms with E-state index in [9.17, 15) is 14.0 Å². The molecule has 0 fully saturated rings. The maximum atomic E-state index is 13.4. The number of rotatable bonds is 12. The Morgan fingerprint density at radius 3 is 2.04 bits per heavy atom. The van der Waals surface area contributed by atoms with Gasteiger partial charge < -0.3 is 10.6 Å². The summed E-state index contributed by atoms with van der Waals surface area (Å²) in [7, 11) is 0. The second-order valence-corrected chi connectivity index (χ2v) is 6.86. The van der Waals surface area contributed by atoms with Crippen LogP contribution in [0.25, 0.3) is 0 Å². The van der Waals surface area contributed by atoms with Gasteiger partial charge in [0.25, 0.3) is 0 Å². The Hall–Kier alpha value is -1.91. The monoisotopic (exact) mass is 364 g/mol. The molecule has 0 spiro atoms. The highest BCUT2D eigenvalue weighted by Crippen LogP contribution is 2.13. The standard InChI is InChI=1S/C21H33FN2O2/c1-3-4-5-6-7-8-9-10-11-12-15-23-20(25)21(26)24-18-14-13-17(2)19(22)16-18/h13-14,16H,3-12,15H2,1-2H3,(H,23,25)(H,24,26). The van der Waals surface area contributed by atoms with E-state index in [1.165, 1.54) is 57.4 Å². The molecule has 0 aromatic heterocycles. The van der Waals surface area contributed by atoms with Crippen LogP contribution in [0.15, 0.2) is 18.2 Å². The molecule has 0 bridgehead atoms. The van der Waals surface area contributed by atoms with Crippen molar-refractivity contribution in [1.82, 2.24) is 5.32 Å². The van der Waals surface area contributed by atoms with E-state index in [1.807, 2.05) is 0 Å². The van der Waals surface area contributed by atoms with Crippen molar-refractivity contribution in [3.05, 3.63) is 29.6 Å². The summed E-state index contributed by atoms with van der Waals surface area (Å²) in [6.45, 7) is 4.36. The Kier molecular flexibility index (Phi) is 11.3. The Morgan fingerprint density at radius 1 is 0.885 bits per heavy atom. The number of amides is 2. The second kappa shape index (κ2) is 13.3. The smallest absolute Gasteiger partial charge is 0.313 e. The van der Waals surface area contributed by atoms with E-state index in [0.717, 1.165) is 12.8 Å². The molecule has 26 heavy (non-hydrogen) atoms. The van der Waals surface area contributed by atoms with Crippen molar-refractivity contribution in [2.24, 2.45) is 0 Å². The average molecular weight is 365 g/mol. The van der Waals surface area contributed by atoms with Gasteiger partial charge in [0.1, 0.15) is 5.82 Å². The molecule has 4 nitrogen and oxygen atoms in total. The molecule has 0 unspecified atom stereocenters. The molecule has 0 saturated carbocycles. The SMILES string of the molecule is CCCCCCCCCCCCNC(=O)C(=O)Nc1ccc(C)c(F)c1. The summed E-state index contributed by atoms with van der Waals surface area (Å²) in [6.07, 6.45) is 12.2. The quantitative estimate of drug-likeness (QED) is 0.400. The van der Waals surface area contributed by atoms with Gasteiger partial charge in [-0.3, -0.25) is 9.59 Å². The number of nitrogens with one attached hydrogen (secondary N) is 2. The molecular weight excluding hydrogens is 331 g/mol. The molecule has 0 saturated heterocycles. The summed E-state index contributed by atoms with van der Waals surface area (Å²) >= 11 is 0. The van der Waals surface area contributed by atoms with Crippen LogP contribution in [-0.4, -0.2) is 18.4 Å². The van der Waals surface area contributed by atoms with Crippen molar-refractivity contribution in [3.63, 3.8) is 0 Å². The van der Waals surface area contributed by atoms with Gasteiger partial charge in [-0.2, -0.15) is 0 Å². The first-order valence-corrected chi connectivity index (χ1v) is 9.90. The minimum Gasteiger partial charge on any atom is -0.348 e. The van der Waals surface area contributed by atoms with Crippen LogP contribution in [0.5, 0.6) is 0 Å². The number of unbranched alkanes of at least 4 members (excludes halogenated alkanes) is 9. The predicted octanol–water partition coefficient (Wildman–Crippen LogP) is 5.11. The maximum absolute atomic E-state index is 13.4. The summed E-state index contributed by atoms with van der Waals surface area (Å²) in [5.41, 5.74) is 0.778. The lowest BCUT2D eigenvalue weighted by Gasteiger charge is -2.07. The number of halogens is 1. The van der Waals surface area contributed by atoms with E-state index in [0.29, 0.717) is 12.1 Å². The highest BCUT2D eigenvalue weighted by molar-refractivity contribution is 6.39. The zero-order valence-electron chi connectivity index (χ0n) is 16.2. The van der Waals surface area contributed by atoms with Crippen LogP contribution in [0.2, 0.25) is 0 Å². The number of carbonyl (C=O) groups is 2. The molecule has 0 aliphatic carbocycles. The zero-order valence-corrected chi connectivity index (χ0v) is 16.2. The van der Waals surface area contributed by atoms with Crippen molar-refractivity contribution in [2.45, 2.75) is 78.1 Å². The predicted molar refractivity (Wildman–Crippen MR) is 105 cm³/mol. The van der Waals surface area contributed by atoms with Gasteiger partial charge in [-0.25, -0.2) is 4.39 Å². The van der Waals surface area contributed by atoms with E-state index < -0.39 is 17.6 Å². The van der Waals surface area contributed by atoms with Gasteiger partial charge in [0, 0.05) is 12.2 Å². The molecule has 2 N–H and O–H groups in total. The van der Waals surface area contributed by atoms with Gasteiger partial charge >= 0.3 is 11.8 Å². The second-order valence-electron chi connectivity index (χ2n) is 6.86. The molecule has 1 rings (SSSR count). The Bertz CT molecular complexity index is 561. The fourth-order valence-corrected chi connectivity index (χ4v) is 2.75. The molecule has 5 heteroatoms. The molecule has 0 heterocycles. The average Bonchev–Trinajstić information content (AvgIpc) is 2.62. The number of benzene rings is 1. The molecule has 1 aromatic rings. The van der Waals surface area contributed by atoms with Crippen LogP contribution in [0, 0.1) is 12.7 Å². The third-order valence-corrected chi connectivity index (χ3v) is 4.45. The number of anilines is 1. The minimum atomic E-state index is -0.764. The fourth-order valence-electron chi connectivity index (χ4n) is 2.75. The normalized spacial score (nSPS) is 10.6. The number of hydrogen-bond acceptors (Lipinski definition) is 2. The lowest BCUT2D eigenvalue weighted by Crippen LogP contribution is -2.35. The number of hydrogen-bond donors (Lipinski definition) is 2. The summed E-state index contributed by atoms with van der Waals surface area (Å²) in [5, 5.41) is 5.02. The van der Waals surface area contributed by atoms with Crippen LogP contribution in [0.1, 0.15) is 76.7 Å². The first kappa shape index (κ1) is 22.1. The lowest BCUT2D eigenvalue weighted by atomic mass is 10.1. The van der Waals surface area contributed by atoms with Crippen molar-refractivity contribution in [1.29, 1.82) is 0 Å². The van der Waals surface area contributed by atoms with Crippen molar-refractivity contribution in [2.75, 3.05) is 11.9 Å². The summed E-state index contributed by atoms with van der Waals surface area (Å²) in [5.74, 6) is -1.85. The van der Waals surface area contributed by atoms with Gasteiger partial charge in [0.2, 0.25) is 0 Å². The van der Waals surface area contributed by atoms with Gasteiger partial charge in [-0.15, -0.1) is 0 Å². The molecule has 0 radical (unpaired) electrons. The molecule has 2 amide bonds. The Labute approximate surface area is 156 Å². The van der Waals surface area contributed by atoms with Crippen LogP contribution < -0.4 is 10.6 Å². The van der Waals surface area contributed by atoms with E-state index >= 15 is 0 Å². The first-order chi connectivity index (χ1) is 12.5. The lowest BCUT2D eigenvalue weighted by molar-refractivity contribution is -0.136. The van der Waals surface area contributed by atoms with Gasteiger partial charge in [0.15, 0.2) is 0 Å². The molecule has 1 aromatic carbocycles. The molecular formula is C21H33FN2O2. The Morgan fingerprint density at radius 2 is 1.46 bits per heavy atom. The molecule has 0 aliphatic rings. The van der Waals surface area contributed by atoms with Crippen LogP contribution in [0.4, 0.5) is 10.1 Å². The summed E-state index contributed by atoms with van der Waals surface area (Å²) in [6, 6.07) is 4.35. The topological polar surface area (TPSA) is 58.2 Å². The zero-order chi connectivity index (χ0) is 19.2. The van der Waals surface area contributed by atoms with E-state index in [-0.39, 0.29) is 5.69 Å². The minimum absolute atomic E-state index is 0.284. The highest BCUT2D eigenvalue weighted by Gasteiger charge is 2.13. The van der Waals surface area contributed by atoms with Crippen LogP contribution in [0.3, 0.4) is 0 Å². The van der Waals surface area contributed by atoms with E-state index in [2.05, 4.69) is 17.6 Å². The van der Waals surface area contributed by atoms with Crippen LogP contribution >= 0.6 is 0 Å². The maximum Gasteiger partial charge on any atom is 0.313 e. The Balaban J connectivity index is 2.05. The first-order valence-electron chi connectivity index (χ1n) is 9.90. The number of carbonyl (C=O) groups excluding carboxylic acids is 2. The third kappa shape index (κ3) is 9.54. The third-order valence-electron chi connectivity index (χ3n) is 4.45. The van der Waals surface area contributed by atoms with Gasteiger partial charge in [-0.05, 0) is 31.0 Å². The van der Waals surface area contributed by atoms with Gasteiger partial charge in [-0.1, -0.05) is 70.8 Å². The van der Waals surface area contributed by atoms with Crippen molar-refractivity contribution in [3.8, 4) is 0 Å². The van der Waals surface area contributed by atoms with Crippen molar-refractivity contribution >= 4 is 17.5 Å². The van der Waals surface area contributed by atoms with E-state index in [4.69, 9.17) is 0 Å². The largest absolute Gasteiger partial charge is 0.348 e. The van der Waals surface area contributed by atoms with Crippen molar-refractivity contribution < 1.29 is 14.0 Å². The highest BCUT2D eigenvalue weighted by atomic mass is 19.1. The summed E-state index contributed by atoms with van der Waals surface area (Å²) in [4.78, 5) is 23.5. The molecule has 0 aliphatic heterocycles. The molecule has 146 valence electrons. The van der Waals surface area contributed by atoms with Gasteiger partial charge in [0.05, 0.1) is 0 Å².